The SMILES string of the molecule is CCN(c1ccc(NC(=O)COc2ccc(S(N)(=O)=O)cc2[N+](=O)[O-])cc1)C(C)C. The Labute approximate surface area is 174 Å². The van der Waals surface area contributed by atoms with Gasteiger partial charge in [0.15, 0.2) is 12.4 Å². The van der Waals surface area contributed by atoms with Gasteiger partial charge in [0.1, 0.15) is 0 Å². The van der Waals surface area contributed by atoms with Gasteiger partial charge in [0, 0.05) is 30.0 Å². The summed E-state index contributed by atoms with van der Waals surface area (Å²) in [6.07, 6.45) is 0. The van der Waals surface area contributed by atoms with Gasteiger partial charge in [-0.3, -0.25) is 14.9 Å². The van der Waals surface area contributed by atoms with Crippen molar-refractivity contribution in [1.29, 1.82) is 0 Å². The topological polar surface area (TPSA) is 145 Å². The number of nitro benzene ring substituents is 1. The molecule has 2 aromatic carbocycles. The first-order chi connectivity index (χ1) is 14.0. The highest BCUT2D eigenvalue weighted by Crippen LogP contribution is 2.29. The second-order valence-electron chi connectivity index (χ2n) is 6.70. The van der Waals surface area contributed by atoms with Gasteiger partial charge >= 0.3 is 5.69 Å². The van der Waals surface area contributed by atoms with E-state index in [1.165, 1.54) is 0 Å². The monoisotopic (exact) mass is 436 g/mol. The third-order valence-electron chi connectivity index (χ3n) is 4.26. The molecule has 0 bridgehead atoms. The summed E-state index contributed by atoms with van der Waals surface area (Å²) in [6.45, 7) is 6.59. The highest BCUT2D eigenvalue weighted by atomic mass is 32.2. The first-order valence-corrected chi connectivity index (χ1v) is 10.7. The number of benzene rings is 2. The lowest BCUT2D eigenvalue weighted by Gasteiger charge is -2.27. The third-order valence-corrected chi connectivity index (χ3v) is 5.17. The first kappa shape index (κ1) is 23.1. The molecule has 10 nitrogen and oxygen atoms in total. The van der Waals surface area contributed by atoms with Crippen molar-refractivity contribution < 1.29 is 22.9 Å². The van der Waals surface area contributed by atoms with Crippen LogP contribution in [0.2, 0.25) is 0 Å². The molecule has 0 aliphatic heterocycles. The number of nitrogens with zero attached hydrogens (tertiary/aromatic N) is 2. The van der Waals surface area contributed by atoms with Gasteiger partial charge in [-0.15, -0.1) is 0 Å². The lowest BCUT2D eigenvalue weighted by atomic mass is 10.2. The van der Waals surface area contributed by atoms with E-state index in [9.17, 15) is 23.3 Å². The second-order valence-corrected chi connectivity index (χ2v) is 8.26. The number of nitro groups is 1. The van der Waals surface area contributed by atoms with Crippen LogP contribution in [0.25, 0.3) is 0 Å². The largest absolute Gasteiger partial charge is 0.477 e. The fourth-order valence-corrected chi connectivity index (χ4v) is 3.39. The summed E-state index contributed by atoms with van der Waals surface area (Å²) in [6, 6.07) is 10.6. The Morgan fingerprint density at radius 1 is 1.23 bits per heavy atom. The quantitative estimate of drug-likeness (QED) is 0.454. The number of nitrogens with one attached hydrogen (secondary N) is 1. The van der Waals surface area contributed by atoms with Crippen LogP contribution in [0.5, 0.6) is 5.75 Å². The van der Waals surface area contributed by atoms with E-state index >= 15 is 0 Å². The van der Waals surface area contributed by atoms with E-state index in [-0.39, 0.29) is 5.75 Å². The zero-order valence-corrected chi connectivity index (χ0v) is 17.7. The van der Waals surface area contributed by atoms with Crippen LogP contribution in [0.1, 0.15) is 20.8 Å². The van der Waals surface area contributed by atoms with Crippen LogP contribution in [-0.4, -0.2) is 38.4 Å². The maximum Gasteiger partial charge on any atom is 0.312 e. The Morgan fingerprint density at radius 2 is 1.87 bits per heavy atom. The highest BCUT2D eigenvalue weighted by Gasteiger charge is 2.21. The van der Waals surface area contributed by atoms with Crippen molar-refractivity contribution in [2.45, 2.75) is 31.7 Å². The fourth-order valence-electron chi connectivity index (χ4n) is 2.86. The van der Waals surface area contributed by atoms with Crippen LogP contribution in [0, 0.1) is 10.1 Å². The fraction of sp³-hybridized carbons (Fsp3) is 0.316. The van der Waals surface area contributed by atoms with Gasteiger partial charge in [-0.05, 0) is 57.2 Å². The van der Waals surface area contributed by atoms with E-state index < -0.39 is 38.0 Å². The average Bonchev–Trinajstić information content (AvgIpc) is 2.67. The number of carbonyl (C=O) groups excluding carboxylic acids is 1. The van der Waals surface area contributed by atoms with Crippen LogP contribution in [0.4, 0.5) is 17.1 Å². The molecule has 0 unspecified atom stereocenters. The molecule has 0 heterocycles. The molecular formula is C19H24N4O6S. The van der Waals surface area contributed by atoms with E-state index in [4.69, 9.17) is 9.88 Å². The smallest absolute Gasteiger partial charge is 0.312 e. The van der Waals surface area contributed by atoms with Crippen LogP contribution >= 0.6 is 0 Å². The molecular weight excluding hydrogens is 412 g/mol. The summed E-state index contributed by atoms with van der Waals surface area (Å²) in [5, 5.41) is 18.8. The number of rotatable bonds is 9. The molecule has 2 aromatic rings. The molecule has 3 N–H and O–H groups in total. The zero-order chi connectivity index (χ0) is 22.5. The average molecular weight is 436 g/mol. The minimum atomic E-state index is -4.11. The number of hydrogen-bond donors (Lipinski definition) is 2. The molecule has 2 rings (SSSR count). The van der Waals surface area contributed by atoms with Crippen LogP contribution < -0.4 is 20.1 Å². The van der Waals surface area contributed by atoms with Gasteiger partial charge in [0.2, 0.25) is 10.0 Å². The van der Waals surface area contributed by atoms with Gasteiger partial charge < -0.3 is 15.0 Å². The molecule has 0 aromatic heterocycles. The van der Waals surface area contributed by atoms with Crippen molar-refractivity contribution in [3.63, 3.8) is 0 Å². The first-order valence-electron chi connectivity index (χ1n) is 9.13. The summed E-state index contributed by atoms with van der Waals surface area (Å²) < 4.78 is 27.9. The van der Waals surface area contributed by atoms with E-state index in [1.807, 2.05) is 12.1 Å². The van der Waals surface area contributed by atoms with Crippen molar-refractivity contribution in [2.24, 2.45) is 5.14 Å². The van der Waals surface area contributed by atoms with Crippen LogP contribution in [0.15, 0.2) is 47.4 Å². The highest BCUT2D eigenvalue weighted by molar-refractivity contribution is 7.89. The number of hydrogen-bond acceptors (Lipinski definition) is 7. The van der Waals surface area contributed by atoms with Gasteiger partial charge in [-0.25, -0.2) is 13.6 Å². The number of ether oxygens (including phenoxy) is 1. The van der Waals surface area contributed by atoms with Gasteiger partial charge in [-0.1, -0.05) is 0 Å². The predicted octanol–water partition coefficient (Wildman–Crippen LogP) is 2.49. The molecule has 1 amide bonds. The Balaban J connectivity index is 2.05. The molecule has 0 saturated carbocycles. The molecule has 0 saturated heterocycles. The Hall–Kier alpha value is -3.18. The molecule has 0 fully saturated rings. The van der Waals surface area contributed by atoms with Crippen molar-refractivity contribution >= 4 is 33.0 Å². The Kier molecular flexibility index (Phi) is 7.35. The van der Waals surface area contributed by atoms with E-state index in [0.29, 0.717) is 11.7 Å². The number of anilines is 2. The van der Waals surface area contributed by atoms with Crippen molar-refractivity contribution in [1.82, 2.24) is 0 Å². The second kappa shape index (κ2) is 9.55. The predicted molar refractivity (Wildman–Crippen MR) is 113 cm³/mol. The maximum absolute atomic E-state index is 12.1. The number of sulfonamides is 1. The molecule has 0 spiro atoms. The van der Waals surface area contributed by atoms with Crippen molar-refractivity contribution in [2.75, 3.05) is 23.4 Å². The lowest BCUT2D eigenvalue weighted by molar-refractivity contribution is -0.386. The maximum atomic E-state index is 12.1. The minimum Gasteiger partial charge on any atom is -0.477 e. The van der Waals surface area contributed by atoms with E-state index in [1.54, 1.807) is 12.1 Å². The van der Waals surface area contributed by atoms with Gasteiger partial charge in [0.25, 0.3) is 5.91 Å². The molecule has 30 heavy (non-hydrogen) atoms. The minimum absolute atomic E-state index is 0.242. The number of carbonyl (C=O) groups is 1. The summed E-state index contributed by atoms with van der Waals surface area (Å²) in [4.78, 5) is 24.3. The van der Waals surface area contributed by atoms with Crippen LogP contribution in [-0.2, 0) is 14.8 Å². The summed E-state index contributed by atoms with van der Waals surface area (Å²) in [5.74, 6) is -0.766. The number of amides is 1. The van der Waals surface area contributed by atoms with Gasteiger partial charge in [-0.2, -0.15) is 0 Å². The summed E-state index contributed by atoms with van der Waals surface area (Å²) in [5.41, 5.74) is 0.963. The van der Waals surface area contributed by atoms with Crippen LogP contribution in [0.3, 0.4) is 0 Å². The molecule has 0 atom stereocenters. The lowest BCUT2D eigenvalue weighted by Crippen LogP contribution is -2.30. The summed E-state index contributed by atoms with van der Waals surface area (Å²) >= 11 is 0. The Bertz CT molecular complexity index is 1020. The molecule has 162 valence electrons. The number of nitrogens with two attached hydrogens (primary N) is 1. The van der Waals surface area contributed by atoms with Crippen molar-refractivity contribution in [3.05, 3.63) is 52.6 Å². The Morgan fingerprint density at radius 3 is 2.37 bits per heavy atom. The van der Waals surface area contributed by atoms with E-state index in [0.717, 1.165) is 30.4 Å². The van der Waals surface area contributed by atoms with E-state index in [2.05, 4.69) is 31.0 Å². The number of primary sulfonamides is 1. The zero-order valence-electron chi connectivity index (χ0n) is 16.9. The molecule has 0 aliphatic carbocycles. The molecule has 0 aliphatic rings. The normalized spacial score (nSPS) is 11.2. The van der Waals surface area contributed by atoms with Crippen molar-refractivity contribution in [3.8, 4) is 5.75 Å². The molecule has 0 radical (unpaired) electrons. The molecule has 11 heteroatoms. The summed E-state index contributed by atoms with van der Waals surface area (Å²) in [7, 11) is -4.11. The van der Waals surface area contributed by atoms with Gasteiger partial charge in [0.05, 0.1) is 9.82 Å². The standard InChI is InChI=1S/C19H24N4O6S/c1-4-22(13(2)3)15-7-5-14(6-8-15)21-19(24)12-29-18-10-9-16(30(20,27)28)11-17(18)23(25)26/h5-11,13H,4,12H2,1-3H3,(H,21,24)(H2,20,27,28). The third kappa shape index (κ3) is 5.91.